The van der Waals surface area contributed by atoms with E-state index in [0.29, 0.717) is 0 Å². The van der Waals surface area contributed by atoms with Crippen LogP contribution >= 0.6 is 0 Å². The second kappa shape index (κ2) is 2.75. The van der Waals surface area contributed by atoms with Gasteiger partial charge in [0.15, 0.2) is 0 Å². The number of cyclic esters (lactones) is 1. The first-order valence-corrected chi connectivity index (χ1v) is 4.63. The molecule has 0 saturated carbocycles. The van der Waals surface area contributed by atoms with E-state index in [1.165, 1.54) is 0 Å². The van der Waals surface area contributed by atoms with Gasteiger partial charge in [0, 0.05) is 6.42 Å². The van der Waals surface area contributed by atoms with Crippen molar-refractivity contribution in [2.24, 2.45) is 5.41 Å². The zero-order valence-electron chi connectivity index (χ0n) is 8.44. The maximum Gasteiger partial charge on any atom is 0.312 e. The van der Waals surface area contributed by atoms with Crippen molar-refractivity contribution < 1.29 is 9.53 Å². The Hall–Kier alpha value is -0.530. The summed E-state index contributed by atoms with van der Waals surface area (Å²) in [4.78, 5) is 11.5. The van der Waals surface area contributed by atoms with Gasteiger partial charge in [-0.15, -0.1) is 0 Å². The Morgan fingerprint density at radius 2 is 2.00 bits per heavy atom. The Morgan fingerprint density at radius 1 is 1.42 bits per heavy atom. The van der Waals surface area contributed by atoms with Crippen molar-refractivity contribution >= 4 is 5.97 Å². The Labute approximate surface area is 74.3 Å². The van der Waals surface area contributed by atoms with E-state index >= 15 is 0 Å². The van der Waals surface area contributed by atoms with Crippen LogP contribution in [0.2, 0.25) is 0 Å². The smallest absolute Gasteiger partial charge is 0.312 e. The van der Waals surface area contributed by atoms with Crippen molar-refractivity contribution in [3.05, 3.63) is 0 Å². The second-order valence-corrected chi connectivity index (χ2v) is 4.64. The molecule has 1 atom stereocenters. The Kier molecular flexibility index (Phi) is 2.19. The van der Waals surface area contributed by atoms with Gasteiger partial charge in [-0.2, -0.15) is 0 Å². The van der Waals surface area contributed by atoms with E-state index in [-0.39, 0.29) is 17.0 Å². The van der Waals surface area contributed by atoms with Gasteiger partial charge in [-0.05, 0) is 27.2 Å². The molecule has 0 radical (unpaired) electrons. The van der Waals surface area contributed by atoms with Crippen LogP contribution < -0.4 is 0 Å². The van der Waals surface area contributed by atoms with Crippen LogP contribution in [0.1, 0.15) is 47.0 Å². The molecule has 2 heteroatoms. The van der Waals surface area contributed by atoms with Crippen molar-refractivity contribution in [2.45, 2.75) is 52.6 Å². The molecule has 0 spiro atoms. The monoisotopic (exact) mass is 170 g/mol. The summed E-state index contributed by atoms with van der Waals surface area (Å²) in [6.45, 7) is 8.06. The van der Waals surface area contributed by atoms with Crippen molar-refractivity contribution in [3.8, 4) is 0 Å². The van der Waals surface area contributed by atoms with Gasteiger partial charge < -0.3 is 4.74 Å². The molecule has 0 aromatic carbocycles. The molecule has 0 N–H and O–H groups in total. The lowest BCUT2D eigenvalue weighted by atomic mass is 9.80. The summed E-state index contributed by atoms with van der Waals surface area (Å²) in [6.07, 6.45) is 2.84. The molecule has 0 aromatic heterocycles. The maximum atomic E-state index is 11.5. The molecule has 0 aromatic rings. The van der Waals surface area contributed by atoms with Crippen LogP contribution in [0.5, 0.6) is 0 Å². The number of rotatable bonds is 2. The fraction of sp³-hybridized carbons (Fsp3) is 0.900. The van der Waals surface area contributed by atoms with Crippen LogP contribution in [-0.2, 0) is 9.53 Å². The molecule has 2 nitrogen and oxygen atoms in total. The molecule has 1 heterocycles. The SMILES string of the molecule is CCCC1(C)CC(C)(C)OC1=O. The first-order chi connectivity index (χ1) is 5.40. The fourth-order valence-electron chi connectivity index (χ4n) is 2.16. The van der Waals surface area contributed by atoms with Gasteiger partial charge in [-0.25, -0.2) is 0 Å². The van der Waals surface area contributed by atoms with Crippen LogP contribution in [0.15, 0.2) is 0 Å². The lowest BCUT2D eigenvalue weighted by Crippen LogP contribution is -2.22. The normalized spacial score (nSPS) is 33.5. The van der Waals surface area contributed by atoms with Crippen molar-refractivity contribution in [1.29, 1.82) is 0 Å². The molecule has 1 rings (SSSR count). The van der Waals surface area contributed by atoms with Crippen molar-refractivity contribution in [1.82, 2.24) is 0 Å². The molecular weight excluding hydrogens is 152 g/mol. The maximum absolute atomic E-state index is 11.5. The first kappa shape index (κ1) is 9.56. The predicted molar refractivity (Wildman–Crippen MR) is 47.8 cm³/mol. The molecule has 0 bridgehead atoms. The highest BCUT2D eigenvalue weighted by atomic mass is 16.6. The number of ether oxygens (including phenoxy) is 1. The summed E-state index contributed by atoms with van der Waals surface area (Å²) in [5.74, 6) is -0.0191. The third kappa shape index (κ3) is 1.62. The molecule has 0 amide bonds. The summed E-state index contributed by atoms with van der Waals surface area (Å²) < 4.78 is 5.28. The zero-order chi connectivity index (χ0) is 9.41. The van der Waals surface area contributed by atoms with Gasteiger partial charge in [0.05, 0.1) is 5.41 Å². The van der Waals surface area contributed by atoms with Crippen molar-refractivity contribution in [2.75, 3.05) is 0 Å². The average Bonchev–Trinajstić information content (AvgIpc) is 2.02. The van der Waals surface area contributed by atoms with Crippen molar-refractivity contribution in [3.63, 3.8) is 0 Å². The van der Waals surface area contributed by atoms with Crippen LogP contribution in [0.4, 0.5) is 0 Å². The van der Waals surface area contributed by atoms with Gasteiger partial charge >= 0.3 is 5.97 Å². The molecule has 1 saturated heterocycles. The summed E-state index contributed by atoms with van der Waals surface area (Å²) >= 11 is 0. The van der Waals surface area contributed by atoms with Gasteiger partial charge in [0.1, 0.15) is 5.60 Å². The minimum absolute atomic E-state index is 0.0191. The number of hydrogen-bond donors (Lipinski definition) is 0. The van der Waals surface area contributed by atoms with Crippen LogP contribution in [-0.4, -0.2) is 11.6 Å². The van der Waals surface area contributed by atoms with Crippen LogP contribution in [0.3, 0.4) is 0 Å². The summed E-state index contributed by atoms with van der Waals surface area (Å²) in [7, 11) is 0. The lowest BCUT2D eigenvalue weighted by molar-refractivity contribution is -0.152. The Morgan fingerprint density at radius 3 is 2.33 bits per heavy atom. The van der Waals surface area contributed by atoms with E-state index < -0.39 is 0 Å². The highest BCUT2D eigenvalue weighted by Gasteiger charge is 2.48. The summed E-state index contributed by atoms with van der Waals surface area (Å²) in [5, 5.41) is 0. The number of carbonyl (C=O) groups excluding carboxylic acids is 1. The Balaban J connectivity index is 2.74. The number of esters is 1. The predicted octanol–water partition coefficient (Wildman–Crippen LogP) is 2.52. The van der Waals surface area contributed by atoms with Gasteiger partial charge in [0.25, 0.3) is 0 Å². The van der Waals surface area contributed by atoms with E-state index in [9.17, 15) is 4.79 Å². The number of carbonyl (C=O) groups is 1. The van der Waals surface area contributed by atoms with Gasteiger partial charge in [-0.3, -0.25) is 4.79 Å². The third-order valence-corrected chi connectivity index (χ3v) is 2.48. The molecule has 1 aliphatic rings. The largest absolute Gasteiger partial charge is 0.459 e. The van der Waals surface area contributed by atoms with E-state index in [1.54, 1.807) is 0 Å². The summed E-state index contributed by atoms with van der Waals surface area (Å²) in [6, 6.07) is 0. The zero-order valence-corrected chi connectivity index (χ0v) is 8.44. The standard InChI is InChI=1S/C10H18O2/c1-5-6-10(4)7-9(2,3)12-8(10)11/h5-7H2,1-4H3. The minimum Gasteiger partial charge on any atom is -0.459 e. The van der Waals surface area contributed by atoms with Crippen LogP contribution in [0.25, 0.3) is 0 Å². The second-order valence-electron chi connectivity index (χ2n) is 4.64. The van der Waals surface area contributed by atoms with E-state index in [1.807, 2.05) is 20.8 Å². The number of hydrogen-bond acceptors (Lipinski definition) is 2. The quantitative estimate of drug-likeness (QED) is 0.595. The topological polar surface area (TPSA) is 26.3 Å². The van der Waals surface area contributed by atoms with Gasteiger partial charge in [0.2, 0.25) is 0 Å². The molecule has 1 unspecified atom stereocenters. The fourth-order valence-corrected chi connectivity index (χ4v) is 2.16. The molecule has 12 heavy (non-hydrogen) atoms. The molecule has 1 fully saturated rings. The summed E-state index contributed by atoms with van der Waals surface area (Å²) in [5.41, 5.74) is -0.473. The molecule has 1 aliphatic heterocycles. The highest BCUT2D eigenvalue weighted by Crippen LogP contribution is 2.42. The third-order valence-electron chi connectivity index (χ3n) is 2.48. The van der Waals surface area contributed by atoms with E-state index in [4.69, 9.17) is 4.74 Å². The highest BCUT2D eigenvalue weighted by molar-refractivity contribution is 5.79. The van der Waals surface area contributed by atoms with Crippen LogP contribution in [0, 0.1) is 5.41 Å². The lowest BCUT2D eigenvalue weighted by Gasteiger charge is -2.19. The molecular formula is C10H18O2. The average molecular weight is 170 g/mol. The van der Waals surface area contributed by atoms with E-state index in [0.717, 1.165) is 19.3 Å². The molecule has 70 valence electrons. The molecule has 0 aliphatic carbocycles. The first-order valence-electron chi connectivity index (χ1n) is 4.63. The van der Waals surface area contributed by atoms with E-state index in [2.05, 4.69) is 6.92 Å². The van der Waals surface area contributed by atoms with Gasteiger partial charge in [-0.1, -0.05) is 13.3 Å². The minimum atomic E-state index is -0.249. The Bertz CT molecular complexity index is 196.